The number of aliphatic imine (C=N–C) groups is 1. The number of amidine groups is 1. The van der Waals surface area contributed by atoms with Gasteiger partial charge in [0.25, 0.3) is 5.91 Å². The lowest BCUT2D eigenvalue weighted by molar-refractivity contribution is -0.115. The molecule has 5 rings (SSSR count). The third kappa shape index (κ3) is 5.54. The third-order valence-electron chi connectivity index (χ3n) is 5.63. The smallest absolute Gasteiger partial charge is 0.264 e. The van der Waals surface area contributed by atoms with E-state index in [1.165, 1.54) is 22.5 Å². The fourth-order valence-corrected chi connectivity index (χ4v) is 6.20. The van der Waals surface area contributed by atoms with Crippen LogP contribution in [0.1, 0.15) is 16.7 Å². The molecule has 0 spiro atoms. The van der Waals surface area contributed by atoms with Crippen molar-refractivity contribution in [3.8, 4) is 5.75 Å². The van der Waals surface area contributed by atoms with Crippen LogP contribution in [-0.2, 0) is 11.4 Å². The van der Waals surface area contributed by atoms with Crippen LogP contribution in [0.2, 0.25) is 5.02 Å². The second-order valence-corrected chi connectivity index (χ2v) is 11.3. The fraction of sp³-hybridized carbons (Fsp3) is 0.0714. The summed E-state index contributed by atoms with van der Waals surface area (Å²) in [6.07, 6.45) is 1.83. The van der Waals surface area contributed by atoms with E-state index >= 15 is 0 Å². The van der Waals surface area contributed by atoms with Crippen LogP contribution in [0.4, 0.5) is 5.69 Å². The highest BCUT2D eigenvalue weighted by Gasteiger charge is 2.24. The lowest BCUT2D eigenvalue weighted by Gasteiger charge is -2.12. The van der Waals surface area contributed by atoms with E-state index in [9.17, 15) is 4.79 Å². The molecule has 1 heterocycles. The van der Waals surface area contributed by atoms with Crippen LogP contribution >= 0.6 is 55.2 Å². The molecular formula is C28H19Br2ClN2O2S. The van der Waals surface area contributed by atoms with E-state index in [-0.39, 0.29) is 5.91 Å². The lowest BCUT2D eigenvalue weighted by Crippen LogP contribution is -2.19. The van der Waals surface area contributed by atoms with E-state index in [4.69, 9.17) is 16.3 Å². The minimum Gasteiger partial charge on any atom is -0.487 e. The molecule has 0 radical (unpaired) electrons. The summed E-state index contributed by atoms with van der Waals surface area (Å²) < 4.78 is 7.70. The number of thioether (sulfide) groups is 1. The molecule has 8 heteroatoms. The van der Waals surface area contributed by atoms with Gasteiger partial charge in [0.1, 0.15) is 12.4 Å². The Kier molecular flexibility index (Phi) is 7.53. The minimum absolute atomic E-state index is 0.192. The van der Waals surface area contributed by atoms with E-state index in [2.05, 4.69) is 72.5 Å². The molecule has 36 heavy (non-hydrogen) atoms. The van der Waals surface area contributed by atoms with E-state index in [0.29, 0.717) is 27.5 Å². The van der Waals surface area contributed by atoms with E-state index in [0.717, 1.165) is 31.3 Å². The second kappa shape index (κ2) is 10.8. The average molecular weight is 643 g/mol. The summed E-state index contributed by atoms with van der Waals surface area (Å²) in [6.45, 7) is 2.34. The molecule has 4 nitrogen and oxygen atoms in total. The Balaban J connectivity index is 1.32. The van der Waals surface area contributed by atoms with Crippen molar-refractivity contribution in [3.05, 3.63) is 108 Å². The topological polar surface area (TPSA) is 50.7 Å². The maximum atomic E-state index is 12.6. The van der Waals surface area contributed by atoms with Crippen molar-refractivity contribution in [2.75, 3.05) is 0 Å². The first-order chi connectivity index (χ1) is 17.4. The zero-order chi connectivity index (χ0) is 25.2. The van der Waals surface area contributed by atoms with Gasteiger partial charge < -0.3 is 10.1 Å². The Hall–Kier alpha value is -2.58. The summed E-state index contributed by atoms with van der Waals surface area (Å²) >= 11 is 14.7. The Morgan fingerprint density at radius 1 is 1.00 bits per heavy atom. The Labute approximate surface area is 235 Å². The Bertz CT molecular complexity index is 1550. The number of carbonyl (C=O) groups excluding carboxylic acids is 1. The highest BCUT2D eigenvalue weighted by atomic mass is 79.9. The number of amides is 1. The van der Waals surface area contributed by atoms with Crippen LogP contribution in [-0.4, -0.2) is 11.1 Å². The summed E-state index contributed by atoms with van der Waals surface area (Å²) in [5.41, 5.74) is 3.53. The van der Waals surface area contributed by atoms with Crippen molar-refractivity contribution < 1.29 is 9.53 Å². The molecule has 1 aliphatic rings. The predicted octanol–water partition coefficient (Wildman–Crippen LogP) is 8.80. The molecule has 4 aromatic carbocycles. The second-order valence-electron chi connectivity index (χ2n) is 8.15. The van der Waals surface area contributed by atoms with Gasteiger partial charge in [0.15, 0.2) is 5.17 Å². The molecule has 0 aromatic heterocycles. The molecule has 0 bridgehead atoms. The quantitative estimate of drug-likeness (QED) is 0.222. The molecule has 1 saturated heterocycles. The van der Waals surface area contributed by atoms with Gasteiger partial charge in [-0.25, -0.2) is 4.99 Å². The number of ether oxygens (including phenoxy) is 1. The zero-order valence-corrected chi connectivity index (χ0v) is 23.8. The number of nitrogens with one attached hydrogen (secondary N) is 1. The van der Waals surface area contributed by atoms with Crippen molar-refractivity contribution >= 4 is 88.8 Å². The third-order valence-corrected chi connectivity index (χ3v) is 8.12. The molecule has 4 aromatic rings. The first kappa shape index (κ1) is 25.1. The van der Waals surface area contributed by atoms with Crippen LogP contribution in [0.15, 0.2) is 91.6 Å². The van der Waals surface area contributed by atoms with E-state index in [1.54, 1.807) is 0 Å². The highest BCUT2D eigenvalue weighted by molar-refractivity contribution is 9.11. The van der Waals surface area contributed by atoms with Gasteiger partial charge in [-0.15, -0.1) is 0 Å². The van der Waals surface area contributed by atoms with Gasteiger partial charge in [-0.05, 0) is 114 Å². The van der Waals surface area contributed by atoms with Gasteiger partial charge in [-0.3, -0.25) is 4.79 Å². The van der Waals surface area contributed by atoms with Gasteiger partial charge in [0.05, 0.1) is 19.5 Å². The number of fused-ring (bicyclic) bond motifs is 1. The molecular weight excluding hydrogens is 624 g/mol. The summed E-state index contributed by atoms with van der Waals surface area (Å²) in [5, 5.41) is 6.36. The van der Waals surface area contributed by atoms with E-state index < -0.39 is 0 Å². The SMILES string of the molecule is Cc1c(Cl)cccc1N=C1NC(=O)/C(=C\c2cc(Br)c(OCc3ccc4ccccc4c3)c(Br)c2)S1. The molecule has 0 atom stereocenters. The van der Waals surface area contributed by atoms with Crippen LogP contribution in [0, 0.1) is 6.92 Å². The summed E-state index contributed by atoms with van der Waals surface area (Å²) in [4.78, 5) is 17.7. The molecule has 1 fully saturated rings. The molecule has 0 aliphatic carbocycles. The Morgan fingerprint density at radius 3 is 2.53 bits per heavy atom. The number of halogens is 3. The van der Waals surface area contributed by atoms with Gasteiger partial charge in [0, 0.05) is 5.02 Å². The molecule has 1 N–H and O–H groups in total. The maximum absolute atomic E-state index is 12.6. The van der Waals surface area contributed by atoms with Gasteiger partial charge in [-0.1, -0.05) is 54.1 Å². The number of carbonyl (C=O) groups is 1. The summed E-state index contributed by atoms with van der Waals surface area (Å²) in [5.74, 6) is 0.509. The number of nitrogens with zero attached hydrogens (tertiary/aromatic N) is 1. The van der Waals surface area contributed by atoms with Crippen molar-refractivity contribution in [2.24, 2.45) is 4.99 Å². The van der Waals surface area contributed by atoms with Gasteiger partial charge in [-0.2, -0.15) is 0 Å². The molecule has 1 amide bonds. The lowest BCUT2D eigenvalue weighted by atomic mass is 10.1. The number of hydrogen-bond acceptors (Lipinski definition) is 4. The minimum atomic E-state index is -0.192. The van der Waals surface area contributed by atoms with Crippen LogP contribution in [0.3, 0.4) is 0 Å². The van der Waals surface area contributed by atoms with Gasteiger partial charge in [0.2, 0.25) is 0 Å². The van der Waals surface area contributed by atoms with Crippen LogP contribution in [0.25, 0.3) is 16.8 Å². The van der Waals surface area contributed by atoms with Crippen molar-refractivity contribution in [2.45, 2.75) is 13.5 Å². The van der Waals surface area contributed by atoms with Crippen LogP contribution in [0.5, 0.6) is 5.75 Å². The largest absolute Gasteiger partial charge is 0.487 e. The highest BCUT2D eigenvalue weighted by Crippen LogP contribution is 2.37. The zero-order valence-electron chi connectivity index (χ0n) is 19.0. The van der Waals surface area contributed by atoms with Crippen molar-refractivity contribution in [1.82, 2.24) is 5.32 Å². The monoisotopic (exact) mass is 640 g/mol. The normalized spacial score (nSPS) is 15.6. The van der Waals surface area contributed by atoms with Gasteiger partial charge >= 0.3 is 0 Å². The average Bonchev–Trinajstić information content (AvgIpc) is 3.19. The van der Waals surface area contributed by atoms with Crippen molar-refractivity contribution in [1.29, 1.82) is 0 Å². The molecule has 1 aliphatic heterocycles. The maximum Gasteiger partial charge on any atom is 0.264 e. The first-order valence-electron chi connectivity index (χ1n) is 11.0. The number of rotatable bonds is 5. The number of benzene rings is 4. The number of hydrogen-bond donors (Lipinski definition) is 1. The molecule has 0 unspecified atom stereocenters. The summed E-state index contributed by atoms with van der Waals surface area (Å²) in [6, 6.07) is 23.9. The van der Waals surface area contributed by atoms with Crippen LogP contribution < -0.4 is 10.1 Å². The van der Waals surface area contributed by atoms with E-state index in [1.807, 2.05) is 55.5 Å². The Morgan fingerprint density at radius 2 is 1.75 bits per heavy atom. The first-order valence-corrected chi connectivity index (χ1v) is 13.8. The van der Waals surface area contributed by atoms with Crippen molar-refractivity contribution in [3.63, 3.8) is 0 Å². The standard InChI is InChI=1S/C28H19Br2ClN2O2S/c1-16-23(31)7-4-8-24(16)32-28-33-27(34)25(36-28)14-18-12-21(29)26(22(30)13-18)35-15-17-9-10-19-5-2-3-6-20(19)11-17/h2-14H,15H2,1H3,(H,32,33,34)/b25-14+. The fourth-order valence-electron chi connectivity index (χ4n) is 3.74. The predicted molar refractivity (Wildman–Crippen MR) is 157 cm³/mol. The molecule has 0 saturated carbocycles. The summed E-state index contributed by atoms with van der Waals surface area (Å²) in [7, 11) is 0. The molecule has 180 valence electrons.